The molecule has 1 aliphatic rings. The molecule has 0 atom stereocenters. The highest BCUT2D eigenvalue weighted by Crippen LogP contribution is 2.25. The predicted molar refractivity (Wildman–Crippen MR) is 65.9 cm³/mol. The van der Waals surface area contributed by atoms with Gasteiger partial charge < -0.3 is 5.73 Å². The number of anilines is 1. The number of hydrogen-bond donors (Lipinski definition) is 1. The zero-order valence-electron chi connectivity index (χ0n) is 9.22. The van der Waals surface area contributed by atoms with Gasteiger partial charge in [-0.1, -0.05) is 18.2 Å². The molecule has 88 valence electrons. The van der Waals surface area contributed by atoms with Crippen LogP contribution in [0, 0.1) is 5.92 Å². The summed E-state index contributed by atoms with van der Waals surface area (Å²) >= 11 is 0. The highest BCUT2D eigenvalue weighted by Gasteiger charge is 2.23. The van der Waals surface area contributed by atoms with Gasteiger partial charge in [0, 0.05) is 5.69 Å². The van der Waals surface area contributed by atoms with Crippen LogP contribution in [-0.4, -0.2) is 19.9 Å². The highest BCUT2D eigenvalue weighted by molar-refractivity contribution is 7.91. The molecule has 16 heavy (non-hydrogen) atoms. The van der Waals surface area contributed by atoms with E-state index >= 15 is 0 Å². The first-order valence-electron chi connectivity index (χ1n) is 5.61. The van der Waals surface area contributed by atoms with Crippen LogP contribution < -0.4 is 5.73 Å². The summed E-state index contributed by atoms with van der Waals surface area (Å²) in [5, 5.41) is 0. The predicted octanol–water partition coefficient (Wildman–Crippen LogP) is 1.64. The number of hydrogen-bond acceptors (Lipinski definition) is 3. The third kappa shape index (κ3) is 2.76. The van der Waals surface area contributed by atoms with Crippen molar-refractivity contribution in [1.82, 2.24) is 0 Å². The second kappa shape index (κ2) is 4.45. The fraction of sp³-hybridized carbons (Fsp3) is 0.500. The van der Waals surface area contributed by atoms with Crippen LogP contribution in [0.2, 0.25) is 0 Å². The Bertz CT molecular complexity index is 454. The Kier molecular flexibility index (Phi) is 3.19. The molecule has 0 aromatic heterocycles. The van der Waals surface area contributed by atoms with Gasteiger partial charge in [-0.25, -0.2) is 8.42 Å². The standard InChI is InChI=1S/C12H17NO2S/c13-12-4-2-1-3-11(12)9-10-5-7-16(14,15)8-6-10/h1-4,10H,5-9,13H2. The molecule has 2 N–H and O–H groups in total. The van der Waals surface area contributed by atoms with Gasteiger partial charge in [-0.3, -0.25) is 0 Å². The third-order valence-corrected chi connectivity index (χ3v) is 4.95. The second-order valence-corrected chi connectivity index (χ2v) is 6.80. The molecule has 1 aliphatic heterocycles. The lowest BCUT2D eigenvalue weighted by Crippen LogP contribution is -2.24. The van der Waals surface area contributed by atoms with Gasteiger partial charge in [0.2, 0.25) is 0 Å². The summed E-state index contributed by atoms with van der Waals surface area (Å²) in [6.07, 6.45) is 2.45. The van der Waals surface area contributed by atoms with Crippen molar-refractivity contribution in [3.05, 3.63) is 29.8 Å². The van der Waals surface area contributed by atoms with E-state index in [1.54, 1.807) is 0 Å². The summed E-state index contributed by atoms with van der Waals surface area (Å²) in [6, 6.07) is 7.82. The molecule has 0 spiro atoms. The van der Waals surface area contributed by atoms with E-state index in [4.69, 9.17) is 5.73 Å². The van der Waals surface area contributed by atoms with Gasteiger partial charge in [-0.2, -0.15) is 0 Å². The first-order valence-corrected chi connectivity index (χ1v) is 7.43. The lowest BCUT2D eigenvalue weighted by molar-refractivity contribution is 0.463. The van der Waals surface area contributed by atoms with E-state index in [2.05, 4.69) is 0 Å². The Morgan fingerprint density at radius 1 is 1.19 bits per heavy atom. The molecular weight excluding hydrogens is 222 g/mol. The van der Waals surface area contributed by atoms with E-state index in [0.29, 0.717) is 17.4 Å². The van der Waals surface area contributed by atoms with E-state index in [-0.39, 0.29) is 0 Å². The van der Waals surface area contributed by atoms with Crippen LogP contribution >= 0.6 is 0 Å². The van der Waals surface area contributed by atoms with Gasteiger partial charge in [0.05, 0.1) is 11.5 Å². The monoisotopic (exact) mass is 239 g/mol. The summed E-state index contributed by atoms with van der Waals surface area (Å²) in [5.74, 6) is 1.14. The first kappa shape index (κ1) is 11.5. The molecule has 4 heteroatoms. The fourth-order valence-corrected chi connectivity index (χ4v) is 3.76. The number of sulfone groups is 1. The highest BCUT2D eigenvalue weighted by atomic mass is 32.2. The van der Waals surface area contributed by atoms with Crippen LogP contribution in [0.1, 0.15) is 18.4 Å². The van der Waals surface area contributed by atoms with Crippen molar-refractivity contribution in [2.24, 2.45) is 5.92 Å². The Labute approximate surface area is 96.6 Å². The molecule has 0 bridgehead atoms. The lowest BCUT2D eigenvalue weighted by Gasteiger charge is -2.22. The number of nitrogens with two attached hydrogens (primary N) is 1. The minimum absolute atomic E-state index is 0.338. The van der Waals surface area contributed by atoms with Crippen LogP contribution in [0.4, 0.5) is 5.69 Å². The Morgan fingerprint density at radius 2 is 1.81 bits per heavy atom. The Balaban J connectivity index is 2.00. The topological polar surface area (TPSA) is 60.2 Å². The average Bonchev–Trinajstić information content (AvgIpc) is 2.24. The van der Waals surface area contributed by atoms with Crippen LogP contribution in [-0.2, 0) is 16.3 Å². The van der Waals surface area contributed by atoms with Gasteiger partial charge in [0.25, 0.3) is 0 Å². The molecule has 1 heterocycles. The summed E-state index contributed by atoms with van der Waals surface area (Å²) in [4.78, 5) is 0. The SMILES string of the molecule is Nc1ccccc1CC1CCS(=O)(=O)CC1. The van der Waals surface area contributed by atoms with Crippen molar-refractivity contribution in [2.45, 2.75) is 19.3 Å². The van der Waals surface area contributed by atoms with Gasteiger partial charge >= 0.3 is 0 Å². The summed E-state index contributed by atoms with van der Waals surface area (Å²) < 4.78 is 22.6. The van der Waals surface area contributed by atoms with Gasteiger partial charge in [0.1, 0.15) is 9.84 Å². The minimum atomic E-state index is -2.75. The Hall–Kier alpha value is -1.03. The molecule has 1 aromatic rings. The van der Waals surface area contributed by atoms with Crippen molar-refractivity contribution < 1.29 is 8.42 Å². The van der Waals surface area contributed by atoms with Crippen molar-refractivity contribution >= 4 is 15.5 Å². The van der Waals surface area contributed by atoms with E-state index in [0.717, 1.165) is 30.5 Å². The molecule has 1 aromatic carbocycles. The van der Waals surface area contributed by atoms with Crippen LogP contribution in [0.25, 0.3) is 0 Å². The van der Waals surface area contributed by atoms with Gasteiger partial charge in [-0.15, -0.1) is 0 Å². The van der Waals surface area contributed by atoms with Crippen molar-refractivity contribution in [1.29, 1.82) is 0 Å². The fourth-order valence-electron chi connectivity index (χ4n) is 2.17. The maximum Gasteiger partial charge on any atom is 0.150 e. The largest absolute Gasteiger partial charge is 0.399 e. The molecule has 1 saturated heterocycles. The van der Waals surface area contributed by atoms with E-state index < -0.39 is 9.84 Å². The third-order valence-electron chi connectivity index (χ3n) is 3.24. The zero-order chi connectivity index (χ0) is 11.6. The van der Waals surface area contributed by atoms with Gasteiger partial charge in [-0.05, 0) is 36.8 Å². The zero-order valence-corrected chi connectivity index (χ0v) is 10.0. The maximum absolute atomic E-state index is 11.3. The first-order chi connectivity index (χ1) is 7.57. The molecule has 0 radical (unpaired) electrons. The lowest BCUT2D eigenvalue weighted by atomic mass is 9.93. The van der Waals surface area contributed by atoms with Crippen LogP contribution in [0.5, 0.6) is 0 Å². The quantitative estimate of drug-likeness (QED) is 0.798. The van der Waals surface area contributed by atoms with E-state index in [1.165, 1.54) is 0 Å². The maximum atomic E-state index is 11.3. The normalized spacial score (nSPS) is 20.8. The van der Waals surface area contributed by atoms with Crippen LogP contribution in [0.15, 0.2) is 24.3 Å². The molecular formula is C12H17NO2S. The molecule has 0 amide bonds. The molecule has 0 saturated carbocycles. The molecule has 0 unspecified atom stereocenters. The molecule has 0 aliphatic carbocycles. The summed E-state index contributed by atoms with van der Waals surface area (Å²) in [6.45, 7) is 0. The minimum Gasteiger partial charge on any atom is -0.399 e. The van der Waals surface area contributed by atoms with Crippen molar-refractivity contribution in [3.8, 4) is 0 Å². The van der Waals surface area contributed by atoms with Crippen LogP contribution in [0.3, 0.4) is 0 Å². The number of rotatable bonds is 2. The Morgan fingerprint density at radius 3 is 2.44 bits per heavy atom. The molecule has 3 nitrogen and oxygen atoms in total. The number of benzene rings is 1. The van der Waals surface area contributed by atoms with E-state index in [1.807, 2.05) is 24.3 Å². The van der Waals surface area contributed by atoms with E-state index in [9.17, 15) is 8.42 Å². The van der Waals surface area contributed by atoms with Gasteiger partial charge in [0.15, 0.2) is 0 Å². The number of para-hydroxylation sites is 1. The number of nitrogen functional groups attached to an aromatic ring is 1. The molecule has 1 fully saturated rings. The summed E-state index contributed by atoms with van der Waals surface area (Å²) in [7, 11) is -2.75. The van der Waals surface area contributed by atoms with Crippen molar-refractivity contribution in [3.63, 3.8) is 0 Å². The average molecular weight is 239 g/mol. The summed E-state index contributed by atoms with van der Waals surface area (Å²) in [5.41, 5.74) is 7.83. The molecule has 2 rings (SSSR count). The van der Waals surface area contributed by atoms with Crippen molar-refractivity contribution in [2.75, 3.05) is 17.2 Å². The smallest absolute Gasteiger partial charge is 0.150 e. The second-order valence-electron chi connectivity index (χ2n) is 4.50.